The number of rotatable bonds is 8. The zero-order valence-electron chi connectivity index (χ0n) is 17.8. The van der Waals surface area contributed by atoms with Gasteiger partial charge >= 0.3 is 5.97 Å². The fourth-order valence-electron chi connectivity index (χ4n) is 3.26. The number of benzene rings is 2. The maximum absolute atomic E-state index is 13.3. The number of nitrogens with one attached hydrogen (secondary N) is 1. The van der Waals surface area contributed by atoms with Gasteiger partial charge in [0.25, 0.3) is 5.56 Å². The Hall–Kier alpha value is -3.13. The first-order chi connectivity index (χ1) is 14.9. The van der Waals surface area contributed by atoms with Gasteiger partial charge in [-0.05, 0) is 43.7 Å². The van der Waals surface area contributed by atoms with E-state index in [0.717, 1.165) is 12.8 Å². The first-order valence-corrected chi connectivity index (χ1v) is 11.1. The molecule has 162 valence electrons. The molecular weight excluding hydrogens is 414 g/mol. The second kappa shape index (κ2) is 10.3. The third-order valence-corrected chi connectivity index (χ3v) is 5.67. The molecule has 0 saturated heterocycles. The molecule has 2 aromatic carbocycles. The van der Waals surface area contributed by atoms with Crippen LogP contribution in [-0.4, -0.2) is 40.3 Å². The van der Waals surface area contributed by atoms with Gasteiger partial charge in [0.05, 0.1) is 35.0 Å². The van der Waals surface area contributed by atoms with E-state index in [1.807, 2.05) is 37.3 Å². The Labute approximate surface area is 184 Å². The fourth-order valence-corrected chi connectivity index (χ4v) is 4.09. The molecule has 0 radical (unpaired) electrons. The summed E-state index contributed by atoms with van der Waals surface area (Å²) in [4.78, 5) is 42.2. The van der Waals surface area contributed by atoms with E-state index in [2.05, 4.69) is 17.2 Å². The Kier molecular flexibility index (Phi) is 7.46. The third kappa shape index (κ3) is 5.32. The number of methoxy groups -OCH3 is 1. The highest BCUT2D eigenvalue weighted by atomic mass is 32.2. The van der Waals surface area contributed by atoms with Gasteiger partial charge in [-0.1, -0.05) is 43.3 Å². The summed E-state index contributed by atoms with van der Waals surface area (Å²) in [6.07, 6.45) is 1.88. The largest absolute Gasteiger partial charge is 0.465 e. The molecule has 1 heterocycles. The summed E-state index contributed by atoms with van der Waals surface area (Å²) in [6, 6.07) is 13.9. The molecule has 0 aliphatic heterocycles. The summed E-state index contributed by atoms with van der Waals surface area (Å²) in [5.41, 5.74) is 1.07. The lowest BCUT2D eigenvalue weighted by Crippen LogP contribution is -2.34. The molecule has 1 N–H and O–H groups in total. The number of para-hydroxylation sites is 1. The van der Waals surface area contributed by atoms with Gasteiger partial charge in [-0.2, -0.15) is 0 Å². The van der Waals surface area contributed by atoms with Crippen molar-refractivity contribution < 1.29 is 14.3 Å². The highest BCUT2D eigenvalue weighted by Gasteiger charge is 2.17. The number of hydrogen-bond acceptors (Lipinski definition) is 6. The van der Waals surface area contributed by atoms with E-state index >= 15 is 0 Å². The Morgan fingerprint density at radius 3 is 2.61 bits per heavy atom. The van der Waals surface area contributed by atoms with E-state index in [9.17, 15) is 14.4 Å². The Morgan fingerprint density at radius 2 is 1.94 bits per heavy atom. The zero-order valence-corrected chi connectivity index (χ0v) is 18.6. The lowest BCUT2D eigenvalue weighted by atomic mass is 10.1. The predicted octanol–water partition coefficient (Wildman–Crippen LogP) is 3.57. The number of carbonyl (C=O) groups excluding carboxylic acids is 2. The summed E-state index contributed by atoms with van der Waals surface area (Å²) in [5, 5.41) is 3.71. The minimum absolute atomic E-state index is 0.0848. The zero-order chi connectivity index (χ0) is 22.4. The maximum atomic E-state index is 13.3. The van der Waals surface area contributed by atoms with E-state index in [4.69, 9.17) is 4.74 Å². The van der Waals surface area contributed by atoms with E-state index in [-0.39, 0.29) is 23.3 Å². The quantitative estimate of drug-likeness (QED) is 0.328. The molecule has 1 atom stereocenters. The monoisotopic (exact) mass is 439 g/mol. The second-order valence-corrected chi connectivity index (χ2v) is 8.08. The van der Waals surface area contributed by atoms with Crippen LogP contribution in [0.4, 0.5) is 0 Å². The number of ether oxygens (including phenoxy) is 1. The van der Waals surface area contributed by atoms with Gasteiger partial charge in [0, 0.05) is 6.04 Å². The van der Waals surface area contributed by atoms with E-state index in [0.29, 0.717) is 27.3 Å². The van der Waals surface area contributed by atoms with Crippen LogP contribution in [0.15, 0.2) is 58.5 Å². The maximum Gasteiger partial charge on any atom is 0.337 e. The Bertz CT molecular complexity index is 1140. The van der Waals surface area contributed by atoms with Crippen molar-refractivity contribution in [1.82, 2.24) is 14.9 Å². The lowest BCUT2D eigenvalue weighted by Gasteiger charge is -2.15. The van der Waals surface area contributed by atoms with Crippen LogP contribution in [0, 0.1) is 0 Å². The van der Waals surface area contributed by atoms with E-state index < -0.39 is 5.97 Å². The molecule has 0 aliphatic rings. The van der Waals surface area contributed by atoms with Crippen LogP contribution < -0.4 is 10.9 Å². The highest BCUT2D eigenvalue weighted by molar-refractivity contribution is 7.99. The van der Waals surface area contributed by atoms with Gasteiger partial charge in [0.2, 0.25) is 5.91 Å². The number of fused-ring (bicyclic) bond motifs is 1. The number of carbonyl (C=O) groups is 2. The lowest BCUT2D eigenvalue weighted by molar-refractivity contribution is -0.119. The molecule has 0 fully saturated rings. The van der Waals surface area contributed by atoms with Crippen LogP contribution in [0.5, 0.6) is 0 Å². The molecule has 0 bridgehead atoms. The Balaban J connectivity index is 2.02. The van der Waals surface area contributed by atoms with Crippen molar-refractivity contribution in [1.29, 1.82) is 0 Å². The second-order valence-electron chi connectivity index (χ2n) is 7.14. The number of thioether (sulfide) groups is 1. The van der Waals surface area contributed by atoms with Crippen LogP contribution in [0.3, 0.4) is 0 Å². The molecule has 0 saturated carbocycles. The minimum atomic E-state index is -0.505. The molecule has 3 aromatic rings. The number of aromatic nitrogens is 2. The van der Waals surface area contributed by atoms with Crippen molar-refractivity contribution >= 4 is 34.5 Å². The molecule has 0 spiro atoms. The van der Waals surface area contributed by atoms with Crippen LogP contribution in [0.2, 0.25) is 0 Å². The van der Waals surface area contributed by atoms with Crippen molar-refractivity contribution in [2.24, 2.45) is 0 Å². The van der Waals surface area contributed by atoms with E-state index in [1.54, 1.807) is 12.1 Å². The van der Waals surface area contributed by atoms with Gasteiger partial charge in [-0.25, -0.2) is 9.78 Å². The molecule has 7 nitrogen and oxygen atoms in total. The molecule has 1 unspecified atom stereocenters. The number of nitrogens with zero attached hydrogens (tertiary/aromatic N) is 2. The molecule has 31 heavy (non-hydrogen) atoms. The first kappa shape index (κ1) is 22.6. The van der Waals surface area contributed by atoms with E-state index in [1.165, 1.54) is 29.5 Å². The van der Waals surface area contributed by atoms with Gasteiger partial charge < -0.3 is 10.1 Å². The van der Waals surface area contributed by atoms with Crippen LogP contribution in [0.1, 0.15) is 37.0 Å². The number of hydrogen-bond donors (Lipinski definition) is 1. The summed E-state index contributed by atoms with van der Waals surface area (Å²) < 4.78 is 6.26. The molecule has 1 aromatic heterocycles. The summed E-state index contributed by atoms with van der Waals surface area (Å²) in [6.45, 7) is 4.03. The van der Waals surface area contributed by atoms with Crippen LogP contribution in [-0.2, 0) is 9.53 Å². The SMILES string of the molecule is CCCC(C)NC(=O)CSc1nc2cc(C(=O)OC)ccc2c(=O)n1-c1ccccc1. The fraction of sp³-hybridized carbons (Fsp3) is 0.304. The summed E-state index contributed by atoms with van der Waals surface area (Å²) >= 11 is 1.18. The smallest absolute Gasteiger partial charge is 0.337 e. The predicted molar refractivity (Wildman–Crippen MR) is 122 cm³/mol. The van der Waals surface area contributed by atoms with Crippen molar-refractivity contribution in [3.8, 4) is 5.69 Å². The minimum Gasteiger partial charge on any atom is -0.465 e. The molecule has 1 amide bonds. The van der Waals surface area contributed by atoms with Crippen molar-refractivity contribution in [3.05, 3.63) is 64.4 Å². The summed E-state index contributed by atoms with van der Waals surface area (Å²) in [7, 11) is 1.30. The van der Waals surface area contributed by atoms with Crippen molar-refractivity contribution in [2.75, 3.05) is 12.9 Å². The third-order valence-electron chi connectivity index (χ3n) is 4.74. The van der Waals surface area contributed by atoms with Crippen molar-refractivity contribution in [2.45, 2.75) is 37.9 Å². The van der Waals surface area contributed by atoms with Crippen molar-refractivity contribution in [3.63, 3.8) is 0 Å². The topological polar surface area (TPSA) is 90.3 Å². The van der Waals surface area contributed by atoms with Gasteiger partial charge in [0.1, 0.15) is 0 Å². The average Bonchev–Trinajstić information content (AvgIpc) is 2.77. The molecule has 0 aliphatic carbocycles. The van der Waals surface area contributed by atoms with Crippen LogP contribution in [0.25, 0.3) is 16.6 Å². The van der Waals surface area contributed by atoms with Gasteiger partial charge in [-0.3, -0.25) is 14.2 Å². The summed E-state index contributed by atoms with van der Waals surface area (Å²) in [5.74, 6) is -0.507. The standard InChI is InChI=1S/C23H25N3O4S/c1-4-8-15(2)24-20(27)14-31-23-25-19-13-16(22(29)30-3)11-12-18(19)21(28)26(23)17-9-6-5-7-10-17/h5-7,9-13,15H,4,8,14H2,1-3H3,(H,24,27). The van der Waals surface area contributed by atoms with Gasteiger partial charge in [-0.15, -0.1) is 0 Å². The molecule has 3 rings (SSSR count). The van der Waals surface area contributed by atoms with Crippen LogP contribution >= 0.6 is 11.8 Å². The normalized spacial score (nSPS) is 11.8. The number of esters is 1. The molecular formula is C23H25N3O4S. The first-order valence-electron chi connectivity index (χ1n) is 10.1. The molecule has 8 heteroatoms. The Morgan fingerprint density at radius 1 is 1.19 bits per heavy atom. The number of amides is 1. The highest BCUT2D eigenvalue weighted by Crippen LogP contribution is 2.22. The van der Waals surface area contributed by atoms with Gasteiger partial charge in [0.15, 0.2) is 5.16 Å². The average molecular weight is 440 g/mol.